The zero-order chi connectivity index (χ0) is 13.2. The van der Waals surface area contributed by atoms with Crippen LogP contribution in [0.1, 0.15) is 44.1 Å². The second-order valence-electron chi connectivity index (χ2n) is 6.08. The summed E-state index contributed by atoms with van der Waals surface area (Å²) in [6, 6.07) is 6.88. The lowest BCUT2D eigenvalue weighted by Crippen LogP contribution is -2.46. The Morgan fingerprint density at radius 3 is 2.79 bits per heavy atom. The first-order valence-corrected chi connectivity index (χ1v) is 7.90. The molecule has 0 spiro atoms. The molecule has 2 nitrogen and oxygen atoms in total. The van der Waals surface area contributed by atoms with Crippen molar-refractivity contribution >= 4 is 17.3 Å². The number of nitrogens with two attached hydrogens (primary N) is 1. The van der Waals surface area contributed by atoms with Crippen molar-refractivity contribution in [1.29, 1.82) is 0 Å². The highest BCUT2D eigenvalue weighted by Gasteiger charge is 2.32. The van der Waals surface area contributed by atoms with Crippen LogP contribution in [0.25, 0.3) is 0 Å². The van der Waals surface area contributed by atoms with Gasteiger partial charge in [-0.1, -0.05) is 30.5 Å². The summed E-state index contributed by atoms with van der Waals surface area (Å²) >= 11 is 6.00. The number of fused-ring (bicyclic) bond motifs is 1. The number of benzene rings is 1. The fourth-order valence-corrected chi connectivity index (χ4v) is 3.97. The maximum Gasteiger partial charge on any atom is 0.0635 e. The average Bonchev–Trinajstić information content (AvgIpc) is 2.43. The van der Waals surface area contributed by atoms with Crippen LogP contribution in [0.3, 0.4) is 0 Å². The van der Waals surface area contributed by atoms with E-state index in [0.717, 1.165) is 18.5 Å². The van der Waals surface area contributed by atoms with E-state index in [1.807, 2.05) is 12.1 Å². The van der Waals surface area contributed by atoms with Crippen molar-refractivity contribution in [2.45, 2.75) is 51.1 Å². The van der Waals surface area contributed by atoms with Gasteiger partial charge in [0.25, 0.3) is 0 Å². The van der Waals surface area contributed by atoms with E-state index in [-0.39, 0.29) is 0 Å². The van der Waals surface area contributed by atoms with Crippen LogP contribution in [0.5, 0.6) is 0 Å². The highest BCUT2D eigenvalue weighted by Crippen LogP contribution is 2.36. The monoisotopic (exact) mass is 278 g/mol. The topological polar surface area (TPSA) is 29.3 Å². The summed E-state index contributed by atoms with van der Waals surface area (Å²) in [5.74, 6) is 0.937. The smallest absolute Gasteiger partial charge is 0.0635 e. The molecule has 19 heavy (non-hydrogen) atoms. The van der Waals surface area contributed by atoms with Gasteiger partial charge in [-0.25, -0.2) is 0 Å². The van der Waals surface area contributed by atoms with Gasteiger partial charge in [0, 0.05) is 12.6 Å². The molecule has 3 rings (SSSR count). The Balaban J connectivity index is 1.72. The van der Waals surface area contributed by atoms with Crippen molar-refractivity contribution < 1.29 is 0 Å². The van der Waals surface area contributed by atoms with E-state index in [9.17, 15) is 0 Å². The first-order chi connectivity index (χ1) is 9.24. The summed E-state index contributed by atoms with van der Waals surface area (Å²) in [7, 11) is 0. The van der Waals surface area contributed by atoms with E-state index in [2.05, 4.69) is 11.0 Å². The predicted molar refractivity (Wildman–Crippen MR) is 81.3 cm³/mol. The van der Waals surface area contributed by atoms with Crippen LogP contribution in [0.2, 0.25) is 5.02 Å². The van der Waals surface area contributed by atoms with Gasteiger partial charge in [-0.05, 0) is 55.8 Å². The number of nitrogens with zero attached hydrogens (tertiary/aromatic N) is 1. The summed E-state index contributed by atoms with van der Waals surface area (Å²) < 4.78 is 0. The minimum atomic E-state index is 0.665. The molecule has 1 saturated heterocycles. The van der Waals surface area contributed by atoms with Gasteiger partial charge < -0.3 is 5.73 Å². The fourth-order valence-electron chi connectivity index (χ4n) is 3.85. The number of piperidine rings is 1. The molecule has 0 amide bonds. The first kappa shape index (κ1) is 13.3. The molecule has 2 aliphatic rings. The lowest BCUT2D eigenvalue weighted by Gasteiger charge is -2.44. The minimum Gasteiger partial charge on any atom is -0.398 e. The van der Waals surface area contributed by atoms with Gasteiger partial charge in [0.1, 0.15) is 0 Å². The van der Waals surface area contributed by atoms with Crippen molar-refractivity contribution in [3.63, 3.8) is 0 Å². The highest BCUT2D eigenvalue weighted by molar-refractivity contribution is 6.33. The molecule has 2 unspecified atom stereocenters. The summed E-state index contributed by atoms with van der Waals surface area (Å²) in [5.41, 5.74) is 7.91. The fraction of sp³-hybridized carbons (Fsp3) is 0.625. The number of anilines is 1. The second-order valence-corrected chi connectivity index (χ2v) is 6.49. The number of halogens is 1. The molecule has 104 valence electrons. The molecule has 1 saturated carbocycles. The zero-order valence-electron chi connectivity index (χ0n) is 11.4. The van der Waals surface area contributed by atoms with Gasteiger partial charge in [0.15, 0.2) is 0 Å². The molecule has 0 aromatic heterocycles. The first-order valence-electron chi connectivity index (χ1n) is 7.52. The van der Waals surface area contributed by atoms with E-state index in [0.29, 0.717) is 10.7 Å². The third kappa shape index (κ3) is 2.90. The SMILES string of the molecule is Nc1cc(CN2CCCC3CCCCC32)ccc1Cl. The zero-order valence-corrected chi connectivity index (χ0v) is 12.2. The van der Waals surface area contributed by atoms with Gasteiger partial charge >= 0.3 is 0 Å². The van der Waals surface area contributed by atoms with Crippen molar-refractivity contribution in [2.75, 3.05) is 12.3 Å². The minimum absolute atomic E-state index is 0.665. The van der Waals surface area contributed by atoms with Crippen LogP contribution in [-0.2, 0) is 6.54 Å². The van der Waals surface area contributed by atoms with E-state index in [1.54, 1.807) is 0 Å². The van der Waals surface area contributed by atoms with Crippen LogP contribution in [-0.4, -0.2) is 17.5 Å². The summed E-state index contributed by atoms with van der Waals surface area (Å²) in [6.07, 6.45) is 8.44. The van der Waals surface area contributed by atoms with Gasteiger partial charge in [-0.3, -0.25) is 4.90 Å². The molecule has 2 atom stereocenters. The summed E-state index contributed by atoms with van der Waals surface area (Å²) in [4.78, 5) is 2.68. The number of rotatable bonds is 2. The van der Waals surface area contributed by atoms with Gasteiger partial charge in [-0.2, -0.15) is 0 Å². The quantitative estimate of drug-likeness (QED) is 0.826. The molecule has 1 aliphatic heterocycles. The van der Waals surface area contributed by atoms with E-state index >= 15 is 0 Å². The molecule has 1 heterocycles. The normalized spacial score (nSPS) is 28.1. The number of likely N-dealkylation sites (tertiary alicyclic amines) is 1. The summed E-state index contributed by atoms with van der Waals surface area (Å²) in [6.45, 7) is 2.27. The van der Waals surface area contributed by atoms with Crippen LogP contribution >= 0.6 is 11.6 Å². The number of hydrogen-bond donors (Lipinski definition) is 1. The number of nitrogen functional groups attached to an aromatic ring is 1. The van der Waals surface area contributed by atoms with Crippen LogP contribution in [0.15, 0.2) is 18.2 Å². The largest absolute Gasteiger partial charge is 0.398 e. The Bertz CT molecular complexity index is 444. The highest BCUT2D eigenvalue weighted by atomic mass is 35.5. The molecule has 2 fully saturated rings. The molecule has 0 radical (unpaired) electrons. The second kappa shape index (κ2) is 5.72. The molecule has 0 bridgehead atoms. The molecular formula is C16H23ClN2. The Labute approximate surface area is 120 Å². The predicted octanol–water partition coefficient (Wildman–Crippen LogP) is 4.08. The van der Waals surface area contributed by atoms with Gasteiger partial charge in [0.2, 0.25) is 0 Å². The Kier molecular flexibility index (Phi) is 3.99. The Morgan fingerprint density at radius 2 is 1.95 bits per heavy atom. The van der Waals surface area contributed by atoms with Crippen LogP contribution in [0, 0.1) is 5.92 Å². The Hall–Kier alpha value is -0.730. The molecule has 1 aromatic carbocycles. The third-order valence-corrected chi connectivity index (χ3v) is 5.15. The summed E-state index contributed by atoms with van der Waals surface area (Å²) in [5, 5.41) is 0.665. The van der Waals surface area contributed by atoms with Crippen LogP contribution < -0.4 is 5.73 Å². The van der Waals surface area contributed by atoms with Crippen molar-refractivity contribution in [3.8, 4) is 0 Å². The molecule has 3 heteroatoms. The number of hydrogen-bond acceptors (Lipinski definition) is 2. The van der Waals surface area contributed by atoms with Gasteiger partial charge in [-0.15, -0.1) is 0 Å². The lowest BCUT2D eigenvalue weighted by atomic mass is 9.78. The van der Waals surface area contributed by atoms with Gasteiger partial charge in [0.05, 0.1) is 10.7 Å². The maximum absolute atomic E-state index is 6.00. The Morgan fingerprint density at radius 1 is 1.16 bits per heavy atom. The average molecular weight is 279 g/mol. The lowest BCUT2D eigenvalue weighted by molar-refractivity contribution is 0.0547. The molecule has 1 aliphatic carbocycles. The van der Waals surface area contributed by atoms with E-state index < -0.39 is 0 Å². The standard InChI is InChI=1S/C16H23ClN2/c17-14-8-7-12(10-15(14)18)11-19-9-3-5-13-4-1-2-6-16(13)19/h7-8,10,13,16H,1-6,9,11,18H2. The van der Waals surface area contributed by atoms with E-state index in [1.165, 1.54) is 50.6 Å². The third-order valence-electron chi connectivity index (χ3n) is 4.80. The van der Waals surface area contributed by atoms with Crippen molar-refractivity contribution in [3.05, 3.63) is 28.8 Å². The molecule has 1 aromatic rings. The van der Waals surface area contributed by atoms with Crippen molar-refractivity contribution in [2.24, 2.45) is 5.92 Å². The van der Waals surface area contributed by atoms with Crippen molar-refractivity contribution in [1.82, 2.24) is 4.90 Å². The van der Waals surface area contributed by atoms with Crippen LogP contribution in [0.4, 0.5) is 5.69 Å². The maximum atomic E-state index is 6.00. The van der Waals surface area contributed by atoms with E-state index in [4.69, 9.17) is 17.3 Å². The molecular weight excluding hydrogens is 256 g/mol. The molecule has 2 N–H and O–H groups in total.